The average Bonchev–Trinajstić information content (AvgIpc) is 2.02. The van der Waals surface area contributed by atoms with Gasteiger partial charge < -0.3 is 11.1 Å². The normalized spacial score (nSPS) is 8.40. The molecule has 0 saturated heterocycles. The molecule has 0 spiro atoms. The maximum Gasteiger partial charge on any atom is -0.00369 e. The molecule has 0 atom stereocenters. The van der Waals surface area contributed by atoms with Crippen LogP contribution >= 0.6 is 0 Å². The highest BCUT2D eigenvalue weighted by molar-refractivity contribution is 4.45. The van der Waals surface area contributed by atoms with Crippen molar-refractivity contribution < 1.29 is 0 Å². The first-order valence-corrected chi connectivity index (χ1v) is 4.32. The third-order valence-corrected chi connectivity index (χ3v) is 0.984. The molecule has 0 fully saturated rings. The van der Waals surface area contributed by atoms with E-state index in [4.69, 9.17) is 5.73 Å². The molecule has 64 valence electrons. The summed E-state index contributed by atoms with van der Waals surface area (Å²) in [7, 11) is 0. The SMILES string of the molecule is CC.CCCNCCCN. The van der Waals surface area contributed by atoms with Gasteiger partial charge in [0.05, 0.1) is 0 Å². The second-order valence-corrected chi connectivity index (χ2v) is 1.89. The van der Waals surface area contributed by atoms with Crippen LogP contribution in [0.5, 0.6) is 0 Å². The van der Waals surface area contributed by atoms with Gasteiger partial charge in [0, 0.05) is 0 Å². The molecule has 0 aromatic heterocycles. The number of hydrogen-bond donors (Lipinski definition) is 2. The molecule has 2 nitrogen and oxygen atoms in total. The van der Waals surface area contributed by atoms with Crippen LogP contribution < -0.4 is 11.1 Å². The van der Waals surface area contributed by atoms with Gasteiger partial charge in [-0.1, -0.05) is 20.8 Å². The van der Waals surface area contributed by atoms with Crippen molar-refractivity contribution in [2.24, 2.45) is 5.73 Å². The van der Waals surface area contributed by atoms with Crippen molar-refractivity contribution in [1.29, 1.82) is 0 Å². The topological polar surface area (TPSA) is 38.0 Å². The first-order valence-electron chi connectivity index (χ1n) is 4.32. The van der Waals surface area contributed by atoms with E-state index >= 15 is 0 Å². The molecule has 10 heavy (non-hydrogen) atoms. The molecule has 0 unspecified atom stereocenters. The Bertz CT molecular complexity index is 32.2. The lowest BCUT2D eigenvalue weighted by molar-refractivity contribution is 0.645. The van der Waals surface area contributed by atoms with Crippen molar-refractivity contribution in [3.63, 3.8) is 0 Å². The maximum absolute atomic E-state index is 5.27. The van der Waals surface area contributed by atoms with Gasteiger partial charge >= 0.3 is 0 Å². The summed E-state index contributed by atoms with van der Waals surface area (Å²) in [6.45, 7) is 9.16. The molecular formula is C8H22N2. The van der Waals surface area contributed by atoms with Crippen LogP contribution in [0.25, 0.3) is 0 Å². The largest absolute Gasteiger partial charge is 0.330 e. The van der Waals surface area contributed by atoms with E-state index < -0.39 is 0 Å². The average molecular weight is 146 g/mol. The first kappa shape index (κ1) is 12.6. The minimum atomic E-state index is 0.802. The van der Waals surface area contributed by atoms with E-state index in [0.29, 0.717) is 0 Å². The molecule has 0 aliphatic carbocycles. The van der Waals surface area contributed by atoms with Crippen LogP contribution in [0.1, 0.15) is 33.6 Å². The first-order chi connectivity index (χ1) is 4.91. The van der Waals surface area contributed by atoms with Crippen LogP contribution in [0, 0.1) is 0 Å². The zero-order valence-corrected chi connectivity index (χ0v) is 7.61. The van der Waals surface area contributed by atoms with Gasteiger partial charge in [-0.15, -0.1) is 0 Å². The highest BCUT2D eigenvalue weighted by atomic mass is 14.8. The van der Waals surface area contributed by atoms with Crippen molar-refractivity contribution >= 4 is 0 Å². The molecule has 3 N–H and O–H groups in total. The lowest BCUT2D eigenvalue weighted by Gasteiger charge is -1.98. The number of nitrogens with one attached hydrogen (secondary N) is 1. The lowest BCUT2D eigenvalue weighted by atomic mass is 10.4. The molecule has 0 aromatic rings. The quantitative estimate of drug-likeness (QED) is 0.575. The van der Waals surface area contributed by atoms with Gasteiger partial charge in [-0.3, -0.25) is 0 Å². The molecule has 0 aliphatic rings. The Morgan fingerprint density at radius 3 is 2.20 bits per heavy atom. The van der Waals surface area contributed by atoms with Gasteiger partial charge in [0.2, 0.25) is 0 Å². The summed E-state index contributed by atoms with van der Waals surface area (Å²) in [6.07, 6.45) is 2.31. The Kier molecular flexibility index (Phi) is 20.1. The van der Waals surface area contributed by atoms with E-state index in [9.17, 15) is 0 Å². The van der Waals surface area contributed by atoms with Crippen molar-refractivity contribution in [2.45, 2.75) is 33.6 Å². The Morgan fingerprint density at radius 2 is 1.80 bits per heavy atom. The number of rotatable bonds is 5. The van der Waals surface area contributed by atoms with Gasteiger partial charge in [0.25, 0.3) is 0 Å². The third-order valence-electron chi connectivity index (χ3n) is 0.984. The van der Waals surface area contributed by atoms with Crippen LogP contribution in [0.15, 0.2) is 0 Å². The predicted octanol–water partition coefficient (Wildman–Crippen LogP) is 1.36. The Morgan fingerprint density at radius 1 is 1.20 bits per heavy atom. The van der Waals surface area contributed by atoms with Gasteiger partial charge in [-0.05, 0) is 32.5 Å². The highest BCUT2D eigenvalue weighted by Gasteiger charge is 1.80. The van der Waals surface area contributed by atoms with Gasteiger partial charge in [0.15, 0.2) is 0 Å². The molecule has 0 bridgehead atoms. The van der Waals surface area contributed by atoms with E-state index in [0.717, 1.165) is 26.1 Å². The maximum atomic E-state index is 5.27. The second kappa shape index (κ2) is 16.0. The van der Waals surface area contributed by atoms with E-state index in [-0.39, 0.29) is 0 Å². The molecule has 2 heteroatoms. The Hall–Kier alpha value is -0.0800. The summed E-state index contributed by atoms with van der Waals surface area (Å²) in [6, 6.07) is 0. The summed E-state index contributed by atoms with van der Waals surface area (Å²) >= 11 is 0. The van der Waals surface area contributed by atoms with Crippen LogP contribution in [0.3, 0.4) is 0 Å². The Labute approximate surface area is 65.2 Å². The summed E-state index contributed by atoms with van der Waals surface area (Å²) < 4.78 is 0. The van der Waals surface area contributed by atoms with Crippen molar-refractivity contribution in [3.05, 3.63) is 0 Å². The predicted molar refractivity (Wildman–Crippen MR) is 48.2 cm³/mol. The number of hydrogen-bond acceptors (Lipinski definition) is 2. The fraction of sp³-hybridized carbons (Fsp3) is 1.00. The third kappa shape index (κ3) is 15.7. The van der Waals surface area contributed by atoms with E-state index in [2.05, 4.69) is 12.2 Å². The molecule has 0 rings (SSSR count). The van der Waals surface area contributed by atoms with Crippen molar-refractivity contribution in [1.82, 2.24) is 5.32 Å². The fourth-order valence-electron chi connectivity index (χ4n) is 0.529. The van der Waals surface area contributed by atoms with Gasteiger partial charge in [0.1, 0.15) is 0 Å². The van der Waals surface area contributed by atoms with Crippen molar-refractivity contribution in [3.8, 4) is 0 Å². The zero-order chi connectivity index (χ0) is 8.24. The number of nitrogens with two attached hydrogens (primary N) is 1. The van der Waals surface area contributed by atoms with Crippen LogP contribution in [0.4, 0.5) is 0 Å². The van der Waals surface area contributed by atoms with Gasteiger partial charge in [-0.2, -0.15) is 0 Å². The van der Waals surface area contributed by atoms with E-state index in [1.54, 1.807) is 0 Å². The zero-order valence-electron chi connectivity index (χ0n) is 7.61. The second-order valence-electron chi connectivity index (χ2n) is 1.89. The lowest BCUT2D eigenvalue weighted by Crippen LogP contribution is -2.18. The molecule has 0 amide bonds. The fourth-order valence-corrected chi connectivity index (χ4v) is 0.529. The molecule has 0 aromatic carbocycles. The molecule has 0 radical (unpaired) electrons. The van der Waals surface area contributed by atoms with Crippen LogP contribution in [-0.4, -0.2) is 19.6 Å². The monoisotopic (exact) mass is 146 g/mol. The standard InChI is InChI=1S/C6H16N2.C2H6/c1-2-5-8-6-3-4-7;1-2/h8H,2-7H2,1H3;1-2H3. The Balaban J connectivity index is 0. The minimum absolute atomic E-state index is 0.802. The highest BCUT2D eigenvalue weighted by Crippen LogP contribution is 1.71. The van der Waals surface area contributed by atoms with Crippen LogP contribution in [-0.2, 0) is 0 Å². The summed E-state index contributed by atoms with van der Waals surface area (Å²) in [5.74, 6) is 0. The molecule has 0 aliphatic heterocycles. The van der Waals surface area contributed by atoms with E-state index in [1.165, 1.54) is 6.42 Å². The van der Waals surface area contributed by atoms with Gasteiger partial charge in [-0.25, -0.2) is 0 Å². The smallest absolute Gasteiger partial charge is 0.00369 e. The summed E-state index contributed by atoms with van der Waals surface area (Å²) in [4.78, 5) is 0. The van der Waals surface area contributed by atoms with Crippen LogP contribution in [0.2, 0.25) is 0 Å². The molecule has 0 heterocycles. The minimum Gasteiger partial charge on any atom is -0.330 e. The van der Waals surface area contributed by atoms with Crippen molar-refractivity contribution in [2.75, 3.05) is 19.6 Å². The summed E-state index contributed by atoms with van der Waals surface area (Å²) in [5.41, 5.74) is 5.27. The molecular weight excluding hydrogens is 124 g/mol. The summed E-state index contributed by atoms with van der Waals surface area (Å²) in [5, 5.41) is 3.26. The van der Waals surface area contributed by atoms with E-state index in [1.807, 2.05) is 13.8 Å². The molecule has 0 saturated carbocycles.